The molecule has 4 rings (SSSR count). The van der Waals surface area contributed by atoms with Crippen LogP contribution >= 0.6 is 0 Å². The van der Waals surface area contributed by atoms with Crippen LogP contribution in [0.25, 0.3) is 16.8 Å². The minimum absolute atomic E-state index is 0.0359. The molecule has 32 heavy (non-hydrogen) atoms. The predicted octanol–water partition coefficient (Wildman–Crippen LogP) is 3.35. The number of carbonyl (C=O) groups is 1. The average Bonchev–Trinajstić information content (AvgIpc) is 3.22. The number of carbonyl (C=O) groups excluding carboxylic acids is 1. The molecule has 0 spiro atoms. The zero-order chi connectivity index (χ0) is 23.2. The molecule has 0 N–H and O–H groups in total. The van der Waals surface area contributed by atoms with Crippen molar-refractivity contribution in [2.45, 2.75) is 59.3 Å². The van der Waals surface area contributed by atoms with Crippen LogP contribution in [0, 0.1) is 18.3 Å². The molecule has 0 radical (unpaired) electrons. The smallest absolute Gasteiger partial charge is 0.410 e. The van der Waals surface area contributed by atoms with Gasteiger partial charge in [-0.15, -0.1) is 5.10 Å². The van der Waals surface area contributed by atoms with Crippen LogP contribution in [0.2, 0.25) is 0 Å². The number of hydrogen-bond donors (Lipinski definition) is 0. The van der Waals surface area contributed by atoms with Gasteiger partial charge in [-0.3, -0.25) is 0 Å². The number of ether oxygens (including phenoxy) is 2. The van der Waals surface area contributed by atoms with Crippen molar-refractivity contribution in [2.75, 3.05) is 13.1 Å². The van der Waals surface area contributed by atoms with E-state index in [-0.39, 0.29) is 18.2 Å². The third-order valence-corrected chi connectivity index (χ3v) is 5.12. The summed E-state index contributed by atoms with van der Waals surface area (Å²) in [7, 11) is 0. The maximum Gasteiger partial charge on any atom is 0.410 e. The molecular formula is C22H27N7O3. The Morgan fingerprint density at radius 2 is 2.03 bits per heavy atom. The van der Waals surface area contributed by atoms with Crippen LogP contribution in [0.4, 0.5) is 4.79 Å². The lowest BCUT2D eigenvalue weighted by Gasteiger charge is -2.39. The van der Waals surface area contributed by atoms with Crippen molar-refractivity contribution in [2.24, 2.45) is 0 Å². The third kappa shape index (κ3) is 3.98. The van der Waals surface area contributed by atoms with Gasteiger partial charge < -0.3 is 14.4 Å². The fraction of sp³-hybridized carbons (Fsp3) is 0.500. The quantitative estimate of drug-likeness (QED) is 0.615. The van der Waals surface area contributed by atoms with Gasteiger partial charge >= 0.3 is 6.09 Å². The fourth-order valence-electron chi connectivity index (χ4n) is 3.68. The fourth-order valence-corrected chi connectivity index (χ4v) is 3.68. The summed E-state index contributed by atoms with van der Waals surface area (Å²) in [5.74, 6) is 0.570. The first-order valence-corrected chi connectivity index (χ1v) is 10.6. The molecule has 4 heterocycles. The largest absolute Gasteiger partial charge is 0.489 e. The minimum atomic E-state index is -0.523. The van der Waals surface area contributed by atoms with Gasteiger partial charge in [0, 0.05) is 24.8 Å². The molecule has 0 bridgehead atoms. The Hall–Kier alpha value is -3.61. The first-order chi connectivity index (χ1) is 15.1. The molecule has 0 saturated carbocycles. The van der Waals surface area contributed by atoms with E-state index in [1.807, 2.05) is 58.5 Å². The van der Waals surface area contributed by atoms with E-state index < -0.39 is 5.60 Å². The molecule has 0 aromatic carbocycles. The molecule has 1 saturated heterocycles. The second kappa shape index (κ2) is 7.82. The van der Waals surface area contributed by atoms with Crippen LogP contribution in [0.15, 0.2) is 18.5 Å². The maximum absolute atomic E-state index is 12.2. The Morgan fingerprint density at radius 3 is 2.66 bits per heavy atom. The summed E-state index contributed by atoms with van der Waals surface area (Å²) >= 11 is 0. The van der Waals surface area contributed by atoms with E-state index in [1.54, 1.807) is 9.42 Å². The van der Waals surface area contributed by atoms with Gasteiger partial charge in [-0.05, 0) is 47.6 Å². The Morgan fingerprint density at radius 1 is 1.31 bits per heavy atom. The van der Waals surface area contributed by atoms with Gasteiger partial charge in [0.25, 0.3) is 0 Å². The highest BCUT2D eigenvalue weighted by molar-refractivity contribution is 5.75. The summed E-state index contributed by atoms with van der Waals surface area (Å²) < 4.78 is 14.9. The van der Waals surface area contributed by atoms with Crippen molar-refractivity contribution in [3.8, 4) is 23.1 Å². The van der Waals surface area contributed by atoms with E-state index in [1.165, 1.54) is 6.20 Å². The molecule has 3 aromatic rings. The number of nitriles is 1. The molecule has 168 valence electrons. The number of fused-ring (bicyclic) bond motifs is 1. The highest BCUT2D eigenvalue weighted by atomic mass is 16.6. The topological polar surface area (TPSA) is 111 Å². The monoisotopic (exact) mass is 437 g/mol. The highest BCUT2D eigenvalue weighted by Crippen LogP contribution is 2.32. The second-order valence-electron chi connectivity index (χ2n) is 9.23. The van der Waals surface area contributed by atoms with Crippen LogP contribution in [0.3, 0.4) is 0 Å². The molecular weight excluding hydrogens is 410 g/mol. The Labute approximate surface area is 186 Å². The van der Waals surface area contributed by atoms with Crippen LogP contribution in [-0.2, 0) is 4.74 Å². The van der Waals surface area contributed by atoms with Crippen molar-refractivity contribution >= 4 is 11.6 Å². The first-order valence-electron chi connectivity index (χ1n) is 10.6. The first kappa shape index (κ1) is 21.6. The Kier molecular flexibility index (Phi) is 5.28. The van der Waals surface area contributed by atoms with Crippen LogP contribution < -0.4 is 4.74 Å². The summed E-state index contributed by atoms with van der Waals surface area (Å²) in [6.45, 7) is 12.4. The van der Waals surface area contributed by atoms with Gasteiger partial charge in [0.2, 0.25) is 0 Å². The molecule has 3 aromatic heterocycles. The van der Waals surface area contributed by atoms with Crippen molar-refractivity contribution in [1.82, 2.24) is 29.5 Å². The lowest BCUT2D eigenvalue weighted by atomic mass is 10.1. The van der Waals surface area contributed by atoms with Gasteiger partial charge in [-0.2, -0.15) is 10.4 Å². The van der Waals surface area contributed by atoms with Gasteiger partial charge in [0.1, 0.15) is 34.2 Å². The van der Waals surface area contributed by atoms with Gasteiger partial charge in [0.05, 0.1) is 24.0 Å². The zero-order valence-electron chi connectivity index (χ0n) is 19.2. The molecule has 1 aliphatic rings. The molecule has 1 fully saturated rings. The zero-order valence-corrected chi connectivity index (χ0v) is 19.2. The van der Waals surface area contributed by atoms with E-state index in [9.17, 15) is 10.1 Å². The summed E-state index contributed by atoms with van der Waals surface area (Å²) in [5.41, 5.74) is 2.91. The number of rotatable bonds is 4. The summed E-state index contributed by atoms with van der Waals surface area (Å²) in [6, 6.07) is 4.06. The van der Waals surface area contributed by atoms with Crippen LogP contribution in [-0.4, -0.2) is 60.4 Å². The number of amides is 1. The lowest BCUT2D eigenvalue weighted by Crippen LogP contribution is -2.52. The van der Waals surface area contributed by atoms with Crippen LogP contribution in [0.5, 0.6) is 5.75 Å². The standard InChI is InChI=1S/C22H27N7O3/c1-13(2)31-18-7-15(10-28-20(18)16(8-23)9-24-28)19-14(3)29(26-25-19)17-11-27(12-17)21(30)32-22(4,5)6/h7,9-10,13,17H,11-12H2,1-6H3. The highest BCUT2D eigenvalue weighted by Gasteiger charge is 2.36. The normalized spacial score (nSPS) is 14.5. The Bertz CT molecular complexity index is 1210. The molecule has 10 nitrogen and oxygen atoms in total. The number of hydrogen-bond acceptors (Lipinski definition) is 7. The van der Waals surface area contributed by atoms with Crippen molar-refractivity contribution < 1.29 is 14.3 Å². The van der Waals surface area contributed by atoms with Crippen LogP contribution in [0.1, 0.15) is 51.9 Å². The summed E-state index contributed by atoms with van der Waals surface area (Å²) in [4.78, 5) is 13.9. The van der Waals surface area contributed by atoms with Crippen molar-refractivity contribution in [3.63, 3.8) is 0 Å². The predicted molar refractivity (Wildman–Crippen MR) is 116 cm³/mol. The number of pyridine rings is 1. The molecule has 10 heteroatoms. The van der Waals surface area contributed by atoms with Gasteiger partial charge in [-0.1, -0.05) is 5.21 Å². The number of aromatic nitrogens is 5. The van der Waals surface area contributed by atoms with E-state index in [4.69, 9.17) is 9.47 Å². The number of nitrogens with zero attached hydrogens (tertiary/aromatic N) is 7. The molecule has 0 atom stereocenters. The van der Waals surface area contributed by atoms with Gasteiger partial charge in [-0.25, -0.2) is 14.0 Å². The molecule has 0 aliphatic carbocycles. The molecule has 1 amide bonds. The summed E-state index contributed by atoms with van der Waals surface area (Å²) in [6.07, 6.45) is 2.95. The molecule has 0 unspecified atom stereocenters. The maximum atomic E-state index is 12.2. The van der Waals surface area contributed by atoms with E-state index in [0.29, 0.717) is 35.6 Å². The minimum Gasteiger partial charge on any atom is -0.489 e. The average molecular weight is 438 g/mol. The third-order valence-electron chi connectivity index (χ3n) is 5.12. The van der Waals surface area contributed by atoms with Gasteiger partial charge in [0.15, 0.2) is 0 Å². The number of likely N-dealkylation sites (tertiary alicyclic amines) is 1. The van der Waals surface area contributed by atoms with Crippen molar-refractivity contribution in [3.05, 3.63) is 29.7 Å². The van der Waals surface area contributed by atoms with E-state index >= 15 is 0 Å². The van der Waals surface area contributed by atoms with Crippen molar-refractivity contribution in [1.29, 1.82) is 5.26 Å². The molecule has 1 aliphatic heterocycles. The SMILES string of the molecule is Cc1c(-c2cc(OC(C)C)c3c(C#N)cnn3c2)nnn1C1CN(C(=O)OC(C)(C)C)C1. The van der Waals surface area contributed by atoms with E-state index in [2.05, 4.69) is 21.5 Å². The lowest BCUT2D eigenvalue weighted by molar-refractivity contribution is -0.000882. The second-order valence-corrected chi connectivity index (χ2v) is 9.23. The van der Waals surface area contributed by atoms with E-state index in [0.717, 1.165) is 11.3 Å². The Balaban J connectivity index is 1.60. The summed E-state index contributed by atoms with van der Waals surface area (Å²) in [5, 5.41) is 22.4.